The number of fused-ring (bicyclic) bond motifs is 1. The third kappa shape index (κ3) is 3.01. The summed E-state index contributed by atoms with van der Waals surface area (Å²) in [6.45, 7) is 4.47. The largest absolute Gasteiger partial charge is 0.367 e. The molecule has 0 saturated carbocycles. The summed E-state index contributed by atoms with van der Waals surface area (Å²) in [5.74, 6) is -0.0832. The number of Topliss-reactive ketones (excluding diaryl/α,β-unsaturated/α-hetero) is 1. The number of halogens is 1. The lowest BCUT2D eigenvalue weighted by molar-refractivity contribution is -0.119. The van der Waals surface area contributed by atoms with Crippen molar-refractivity contribution in [2.75, 3.05) is 18.0 Å². The Hall–Kier alpha value is -2.14. The molecule has 0 bridgehead atoms. The Kier molecular flexibility index (Phi) is 4.22. The third-order valence-electron chi connectivity index (χ3n) is 4.11. The van der Waals surface area contributed by atoms with Gasteiger partial charge in [0.25, 0.3) is 0 Å². The van der Waals surface area contributed by atoms with E-state index in [9.17, 15) is 9.59 Å². The molecule has 6 heteroatoms. The molecule has 3 rings (SSSR count). The molecule has 1 aromatic heterocycles. The second-order valence-electron chi connectivity index (χ2n) is 5.84. The molecule has 1 aliphatic rings. The molecule has 1 aromatic carbocycles. The summed E-state index contributed by atoms with van der Waals surface area (Å²) in [5.41, 5.74) is 2.11. The minimum Gasteiger partial charge on any atom is -0.367 e. The standard InChI is InChI=1S/C17H18ClN3O2/c1-10(22)14-8-15(18)13-4-3-6-19-16(13)17(14)21-7-5-12(9-21)20-11(2)23/h3-4,6,8,12H,5,7,9H2,1-2H3,(H,20,23). The Balaban J connectivity index is 2.09. The first-order valence-corrected chi connectivity index (χ1v) is 7.95. The number of benzene rings is 1. The molecule has 5 nitrogen and oxygen atoms in total. The van der Waals surface area contributed by atoms with Gasteiger partial charge in [-0.15, -0.1) is 0 Å². The minimum atomic E-state index is -0.0440. The lowest BCUT2D eigenvalue weighted by atomic mass is 10.0. The van der Waals surface area contributed by atoms with Crippen LogP contribution in [0.1, 0.15) is 30.6 Å². The molecule has 1 amide bonds. The number of pyridine rings is 1. The van der Waals surface area contributed by atoms with Crippen molar-refractivity contribution < 1.29 is 9.59 Å². The number of hydrogen-bond acceptors (Lipinski definition) is 4. The van der Waals surface area contributed by atoms with Gasteiger partial charge >= 0.3 is 0 Å². The van der Waals surface area contributed by atoms with Gasteiger partial charge in [-0.05, 0) is 31.5 Å². The van der Waals surface area contributed by atoms with Crippen molar-refractivity contribution in [3.05, 3.63) is 35.0 Å². The van der Waals surface area contributed by atoms with Crippen LogP contribution in [0, 0.1) is 0 Å². The second-order valence-corrected chi connectivity index (χ2v) is 6.25. The number of anilines is 1. The van der Waals surface area contributed by atoms with Gasteiger partial charge in [-0.1, -0.05) is 11.6 Å². The van der Waals surface area contributed by atoms with Gasteiger partial charge in [-0.2, -0.15) is 0 Å². The summed E-state index contributed by atoms with van der Waals surface area (Å²) in [6.07, 6.45) is 2.54. The Morgan fingerprint density at radius 3 is 2.87 bits per heavy atom. The van der Waals surface area contributed by atoms with Gasteiger partial charge in [0.05, 0.1) is 16.2 Å². The molecule has 23 heavy (non-hydrogen) atoms. The number of ketones is 1. The van der Waals surface area contributed by atoms with Crippen LogP contribution >= 0.6 is 11.6 Å². The molecular weight excluding hydrogens is 314 g/mol. The summed E-state index contributed by atoms with van der Waals surface area (Å²) in [4.78, 5) is 29.9. The number of rotatable bonds is 3. The molecule has 1 fully saturated rings. The van der Waals surface area contributed by atoms with E-state index in [0.717, 1.165) is 29.6 Å². The van der Waals surface area contributed by atoms with Crippen LogP contribution in [-0.2, 0) is 4.79 Å². The van der Waals surface area contributed by atoms with Gasteiger partial charge < -0.3 is 10.2 Å². The number of nitrogens with zero attached hydrogens (tertiary/aromatic N) is 2. The Morgan fingerprint density at radius 1 is 1.39 bits per heavy atom. The predicted molar refractivity (Wildman–Crippen MR) is 91.2 cm³/mol. The van der Waals surface area contributed by atoms with E-state index < -0.39 is 0 Å². The Morgan fingerprint density at radius 2 is 2.17 bits per heavy atom. The van der Waals surface area contributed by atoms with Crippen LogP contribution in [0.5, 0.6) is 0 Å². The highest BCUT2D eigenvalue weighted by Gasteiger charge is 2.28. The van der Waals surface area contributed by atoms with Crippen LogP contribution in [-0.4, -0.2) is 35.8 Å². The van der Waals surface area contributed by atoms with Crippen LogP contribution in [0.3, 0.4) is 0 Å². The fourth-order valence-electron chi connectivity index (χ4n) is 3.14. The van der Waals surface area contributed by atoms with Gasteiger partial charge in [-0.3, -0.25) is 14.6 Å². The fourth-order valence-corrected chi connectivity index (χ4v) is 3.41. The highest BCUT2D eigenvalue weighted by Crippen LogP contribution is 2.36. The maximum absolute atomic E-state index is 12.1. The van der Waals surface area contributed by atoms with Crippen LogP contribution in [0.25, 0.3) is 10.9 Å². The van der Waals surface area contributed by atoms with E-state index >= 15 is 0 Å². The summed E-state index contributed by atoms with van der Waals surface area (Å²) >= 11 is 6.31. The lowest BCUT2D eigenvalue weighted by Crippen LogP contribution is -2.35. The maximum Gasteiger partial charge on any atom is 0.217 e. The van der Waals surface area contributed by atoms with E-state index in [-0.39, 0.29) is 17.7 Å². The molecular formula is C17H18ClN3O2. The molecule has 120 valence electrons. The summed E-state index contributed by atoms with van der Waals surface area (Å²) < 4.78 is 0. The van der Waals surface area contributed by atoms with Gasteiger partial charge in [0, 0.05) is 43.2 Å². The van der Waals surface area contributed by atoms with Gasteiger partial charge in [0.1, 0.15) is 0 Å². The molecule has 2 heterocycles. The Bertz CT molecular complexity index is 791. The Labute approximate surface area is 139 Å². The van der Waals surface area contributed by atoms with Gasteiger partial charge in [0.15, 0.2) is 5.78 Å². The van der Waals surface area contributed by atoms with Crippen LogP contribution in [0.4, 0.5) is 5.69 Å². The number of aromatic nitrogens is 1. The van der Waals surface area contributed by atoms with E-state index in [4.69, 9.17) is 11.6 Å². The number of carbonyl (C=O) groups excluding carboxylic acids is 2. The first kappa shape index (κ1) is 15.7. The zero-order chi connectivity index (χ0) is 16.6. The first-order valence-electron chi connectivity index (χ1n) is 7.57. The van der Waals surface area contributed by atoms with Crippen LogP contribution < -0.4 is 10.2 Å². The highest BCUT2D eigenvalue weighted by molar-refractivity contribution is 6.36. The van der Waals surface area contributed by atoms with Crippen molar-refractivity contribution in [1.82, 2.24) is 10.3 Å². The fraction of sp³-hybridized carbons (Fsp3) is 0.353. The van der Waals surface area contributed by atoms with Crippen molar-refractivity contribution >= 4 is 39.9 Å². The van der Waals surface area contributed by atoms with E-state index in [2.05, 4.69) is 15.2 Å². The van der Waals surface area contributed by atoms with E-state index in [0.29, 0.717) is 17.1 Å². The minimum absolute atomic E-state index is 0.0391. The topological polar surface area (TPSA) is 62.3 Å². The SMILES string of the molecule is CC(=O)NC1CCN(c2c(C(C)=O)cc(Cl)c3cccnc23)C1. The van der Waals surface area contributed by atoms with Gasteiger partial charge in [0.2, 0.25) is 5.91 Å². The van der Waals surface area contributed by atoms with Crippen molar-refractivity contribution in [3.63, 3.8) is 0 Å². The monoisotopic (exact) mass is 331 g/mol. The smallest absolute Gasteiger partial charge is 0.217 e. The van der Waals surface area contributed by atoms with E-state index in [1.807, 2.05) is 12.1 Å². The number of hydrogen-bond donors (Lipinski definition) is 1. The molecule has 1 saturated heterocycles. The number of nitrogens with one attached hydrogen (secondary N) is 1. The molecule has 2 aromatic rings. The van der Waals surface area contributed by atoms with Crippen molar-refractivity contribution in [2.45, 2.75) is 26.3 Å². The summed E-state index contributed by atoms with van der Waals surface area (Å²) in [6, 6.07) is 5.53. The first-order chi connectivity index (χ1) is 11.0. The normalized spacial score (nSPS) is 17.5. The molecule has 0 spiro atoms. The molecule has 1 unspecified atom stereocenters. The maximum atomic E-state index is 12.1. The summed E-state index contributed by atoms with van der Waals surface area (Å²) in [5, 5.41) is 4.30. The molecule has 0 aliphatic carbocycles. The third-order valence-corrected chi connectivity index (χ3v) is 4.42. The van der Waals surface area contributed by atoms with Crippen molar-refractivity contribution in [1.29, 1.82) is 0 Å². The lowest BCUT2D eigenvalue weighted by Gasteiger charge is -2.23. The molecule has 1 aliphatic heterocycles. The van der Waals surface area contributed by atoms with Gasteiger partial charge in [-0.25, -0.2) is 0 Å². The molecule has 1 atom stereocenters. The predicted octanol–water partition coefficient (Wildman–Crippen LogP) is 2.81. The number of amides is 1. The molecule has 1 N–H and O–H groups in total. The van der Waals surface area contributed by atoms with Crippen LogP contribution in [0.15, 0.2) is 24.4 Å². The van der Waals surface area contributed by atoms with Crippen molar-refractivity contribution in [3.8, 4) is 0 Å². The van der Waals surface area contributed by atoms with E-state index in [1.165, 1.54) is 13.8 Å². The zero-order valence-electron chi connectivity index (χ0n) is 13.1. The van der Waals surface area contributed by atoms with E-state index in [1.54, 1.807) is 12.3 Å². The average molecular weight is 332 g/mol. The quantitative estimate of drug-likeness (QED) is 0.878. The second kappa shape index (κ2) is 6.16. The highest BCUT2D eigenvalue weighted by atomic mass is 35.5. The van der Waals surface area contributed by atoms with Crippen molar-refractivity contribution in [2.24, 2.45) is 0 Å². The zero-order valence-corrected chi connectivity index (χ0v) is 13.9. The number of carbonyl (C=O) groups is 2. The summed E-state index contributed by atoms with van der Waals surface area (Å²) in [7, 11) is 0. The molecule has 0 radical (unpaired) electrons. The van der Waals surface area contributed by atoms with Crippen LogP contribution in [0.2, 0.25) is 5.02 Å². The average Bonchev–Trinajstić information content (AvgIpc) is 2.94.